The summed E-state index contributed by atoms with van der Waals surface area (Å²) >= 11 is 0. The Labute approximate surface area is 201 Å². The van der Waals surface area contributed by atoms with Crippen LogP contribution in [0.15, 0.2) is 12.7 Å². The molecule has 8 nitrogen and oxygen atoms in total. The Kier molecular flexibility index (Phi) is 18.2. The Balaban J connectivity index is 6.89. The molecule has 0 aliphatic heterocycles. The first-order chi connectivity index (χ1) is 15.9. The third-order valence-corrected chi connectivity index (χ3v) is 5.34. The summed E-state index contributed by atoms with van der Waals surface area (Å²) in [5, 5.41) is 0. The summed E-state index contributed by atoms with van der Waals surface area (Å²) in [5.74, 6) is -2.21. The molecule has 0 radical (unpaired) electrons. The van der Waals surface area contributed by atoms with Gasteiger partial charge in [0.2, 0.25) is 14.8 Å². The second-order valence-corrected chi connectivity index (χ2v) is 8.35. The van der Waals surface area contributed by atoms with Gasteiger partial charge in [0.05, 0.1) is 19.8 Å². The Hall–Kier alpha value is -0.730. The number of carbonyl (C=O) groups excluding carboxylic acids is 1. The van der Waals surface area contributed by atoms with Crippen LogP contribution < -0.4 is 0 Å². The molecule has 0 heterocycles. The third kappa shape index (κ3) is 9.44. The highest BCUT2D eigenvalue weighted by molar-refractivity contribution is 7.25. The molecule has 0 aromatic rings. The standard InChI is InChI=1S/C24H45O8P/c1-8-15-27-22(28-16-9-2)23(29-17-10-3,30-18-11-4)24(33-26,31-19-12-5)32-21(14-7)20(25)13-6/h13,21-22H,6,8-12,14-19H2,1-5,7H3. The van der Waals surface area contributed by atoms with E-state index in [9.17, 15) is 9.36 Å². The van der Waals surface area contributed by atoms with E-state index in [0.717, 1.165) is 12.8 Å². The molecule has 2 unspecified atom stereocenters. The maximum Gasteiger partial charge on any atom is 0.313 e. The molecule has 0 aromatic heterocycles. The van der Waals surface area contributed by atoms with E-state index >= 15 is 0 Å². The van der Waals surface area contributed by atoms with Crippen molar-refractivity contribution < 1.29 is 37.8 Å². The summed E-state index contributed by atoms with van der Waals surface area (Å²) in [6.07, 6.45) is 2.76. The summed E-state index contributed by atoms with van der Waals surface area (Å²) in [5.41, 5.74) is -2.02. The van der Waals surface area contributed by atoms with Gasteiger partial charge in [-0.3, -0.25) is 9.36 Å². The first-order valence-corrected chi connectivity index (χ1v) is 13.1. The Bertz CT molecular complexity index is 529. The van der Waals surface area contributed by atoms with E-state index in [1.807, 2.05) is 34.6 Å². The highest BCUT2D eigenvalue weighted by Crippen LogP contribution is 2.46. The van der Waals surface area contributed by atoms with Crippen LogP contribution in [0, 0.1) is 0 Å². The topological polar surface area (TPSA) is 89.5 Å². The molecular weight excluding hydrogens is 447 g/mol. The van der Waals surface area contributed by atoms with Gasteiger partial charge in [-0.2, -0.15) is 0 Å². The van der Waals surface area contributed by atoms with Crippen molar-refractivity contribution in [3.8, 4) is 0 Å². The Morgan fingerprint density at radius 3 is 1.64 bits per heavy atom. The number of ketones is 1. The van der Waals surface area contributed by atoms with Crippen LogP contribution in [0.2, 0.25) is 0 Å². The number of hydrogen-bond acceptors (Lipinski definition) is 8. The predicted octanol–water partition coefficient (Wildman–Crippen LogP) is 5.64. The van der Waals surface area contributed by atoms with Gasteiger partial charge in [0, 0.05) is 13.2 Å². The van der Waals surface area contributed by atoms with E-state index in [-0.39, 0.29) is 25.6 Å². The Morgan fingerprint density at radius 1 is 0.818 bits per heavy atom. The fraction of sp³-hybridized carbons (Fsp3) is 0.875. The third-order valence-electron chi connectivity index (χ3n) is 4.55. The van der Waals surface area contributed by atoms with Crippen LogP contribution in [-0.4, -0.2) is 62.5 Å². The lowest BCUT2D eigenvalue weighted by atomic mass is 10.1. The van der Waals surface area contributed by atoms with E-state index in [0.29, 0.717) is 38.9 Å². The highest BCUT2D eigenvalue weighted by atomic mass is 31.1. The summed E-state index contributed by atoms with van der Waals surface area (Å²) in [6.45, 7) is 16.5. The lowest BCUT2D eigenvalue weighted by molar-refractivity contribution is -0.439. The molecule has 9 heteroatoms. The van der Waals surface area contributed by atoms with Crippen molar-refractivity contribution in [2.75, 3.05) is 33.0 Å². The Morgan fingerprint density at radius 2 is 1.27 bits per heavy atom. The van der Waals surface area contributed by atoms with Crippen LogP contribution in [0.1, 0.15) is 80.1 Å². The first kappa shape index (κ1) is 32.3. The van der Waals surface area contributed by atoms with E-state index in [2.05, 4.69) is 6.58 Å². The smallest absolute Gasteiger partial charge is 0.313 e. The first-order valence-electron chi connectivity index (χ1n) is 12.3. The van der Waals surface area contributed by atoms with Gasteiger partial charge >= 0.3 is 5.53 Å². The van der Waals surface area contributed by atoms with Crippen molar-refractivity contribution >= 4 is 14.2 Å². The molecular formula is C24H45O8P. The van der Waals surface area contributed by atoms with Crippen LogP contribution >= 0.6 is 8.46 Å². The second kappa shape index (κ2) is 18.6. The van der Waals surface area contributed by atoms with Gasteiger partial charge in [0.15, 0.2) is 5.78 Å². The average molecular weight is 493 g/mol. The summed E-state index contributed by atoms with van der Waals surface area (Å²) in [7, 11) is -0.577. The minimum absolute atomic E-state index is 0.189. The number of rotatable bonds is 23. The van der Waals surface area contributed by atoms with Gasteiger partial charge in [0.25, 0.3) is 5.79 Å². The minimum atomic E-state index is -2.02. The van der Waals surface area contributed by atoms with Crippen LogP contribution in [0.3, 0.4) is 0 Å². The summed E-state index contributed by atoms with van der Waals surface area (Å²) < 4.78 is 50.0. The fourth-order valence-electron chi connectivity index (χ4n) is 2.97. The monoisotopic (exact) mass is 492 g/mol. The van der Waals surface area contributed by atoms with Crippen LogP contribution in [0.4, 0.5) is 0 Å². The predicted molar refractivity (Wildman–Crippen MR) is 128 cm³/mol. The molecule has 0 aliphatic carbocycles. The van der Waals surface area contributed by atoms with Gasteiger partial charge in [-0.05, 0) is 44.6 Å². The molecule has 0 aromatic carbocycles. The summed E-state index contributed by atoms with van der Waals surface area (Å²) in [6, 6.07) is 0. The zero-order valence-corrected chi connectivity index (χ0v) is 22.3. The van der Waals surface area contributed by atoms with E-state index in [4.69, 9.17) is 28.4 Å². The van der Waals surface area contributed by atoms with Crippen LogP contribution in [0.25, 0.3) is 0 Å². The van der Waals surface area contributed by atoms with Gasteiger partial charge in [-0.25, -0.2) is 0 Å². The lowest BCUT2D eigenvalue weighted by Gasteiger charge is -2.48. The quantitative estimate of drug-likeness (QED) is 0.103. The number of carbonyl (C=O) groups is 1. The van der Waals surface area contributed by atoms with E-state index in [1.54, 1.807) is 6.92 Å². The molecule has 0 amide bonds. The van der Waals surface area contributed by atoms with Gasteiger partial charge in [-0.1, -0.05) is 48.1 Å². The van der Waals surface area contributed by atoms with Gasteiger partial charge in [-0.15, -0.1) is 0 Å². The molecule has 2 atom stereocenters. The largest absolute Gasteiger partial charge is 0.348 e. The second-order valence-electron chi connectivity index (χ2n) is 7.58. The van der Waals surface area contributed by atoms with Gasteiger partial charge < -0.3 is 28.4 Å². The van der Waals surface area contributed by atoms with Crippen molar-refractivity contribution in [3.63, 3.8) is 0 Å². The maximum atomic E-state index is 13.0. The molecule has 0 saturated heterocycles. The van der Waals surface area contributed by atoms with E-state index < -0.39 is 32.2 Å². The molecule has 194 valence electrons. The van der Waals surface area contributed by atoms with E-state index in [1.165, 1.54) is 6.08 Å². The molecule has 0 aliphatic rings. The SMILES string of the molecule is C=CC(=O)C(CC)OC(OCCC)(P=O)C(OCCC)(OCCC)C(OCCC)OCCC. The van der Waals surface area contributed by atoms with Crippen molar-refractivity contribution in [1.82, 2.24) is 0 Å². The average Bonchev–Trinajstić information content (AvgIpc) is 2.85. The maximum absolute atomic E-state index is 13.0. The molecule has 0 fully saturated rings. The zero-order chi connectivity index (χ0) is 25.2. The molecule has 0 spiro atoms. The minimum Gasteiger partial charge on any atom is -0.348 e. The molecule has 0 saturated carbocycles. The molecule has 0 N–H and O–H groups in total. The normalized spacial score (nSPS) is 15.0. The zero-order valence-electron chi connectivity index (χ0n) is 21.4. The highest BCUT2D eigenvalue weighted by Gasteiger charge is 2.65. The summed E-state index contributed by atoms with van der Waals surface area (Å²) in [4.78, 5) is 12.5. The fourth-order valence-corrected chi connectivity index (χ4v) is 3.65. The van der Waals surface area contributed by atoms with Crippen molar-refractivity contribution in [3.05, 3.63) is 12.7 Å². The number of ether oxygens (including phenoxy) is 6. The van der Waals surface area contributed by atoms with Crippen molar-refractivity contribution in [2.45, 2.75) is 104 Å². The molecule has 0 bridgehead atoms. The molecule has 33 heavy (non-hydrogen) atoms. The van der Waals surface area contributed by atoms with Crippen LogP contribution in [0.5, 0.6) is 0 Å². The lowest BCUT2D eigenvalue weighted by Crippen LogP contribution is -2.67. The molecule has 0 rings (SSSR count). The number of hydrogen-bond donors (Lipinski definition) is 0. The van der Waals surface area contributed by atoms with Gasteiger partial charge in [0.1, 0.15) is 6.10 Å². The van der Waals surface area contributed by atoms with Crippen molar-refractivity contribution in [1.29, 1.82) is 0 Å². The van der Waals surface area contributed by atoms with Crippen molar-refractivity contribution in [2.24, 2.45) is 0 Å². The van der Waals surface area contributed by atoms with Crippen LogP contribution in [-0.2, 0) is 37.8 Å².